The number of carbonyl (C=O) groups excluding carboxylic acids is 2. The van der Waals surface area contributed by atoms with Crippen molar-refractivity contribution in [3.05, 3.63) is 28.2 Å². The second kappa shape index (κ2) is 7.28. The molecule has 0 bridgehead atoms. The van der Waals surface area contributed by atoms with Crippen LogP contribution in [0.15, 0.2) is 22.7 Å². The molecule has 2 unspecified atom stereocenters. The standard InChI is InChI=1S/C14H19BrN2O3/c1-4-8(2)12(14(19)20-3)17-13(18)9-5-6-10(15)11(16)7-9/h5-8,12H,4,16H2,1-3H3,(H,17,18). The summed E-state index contributed by atoms with van der Waals surface area (Å²) in [6, 6.07) is 4.23. The molecule has 1 rings (SSSR count). The number of halogens is 1. The Morgan fingerprint density at radius 3 is 2.60 bits per heavy atom. The number of rotatable bonds is 5. The SMILES string of the molecule is CCC(C)C(NC(=O)c1ccc(Br)c(N)c1)C(=O)OC. The monoisotopic (exact) mass is 342 g/mol. The van der Waals surface area contributed by atoms with Gasteiger partial charge in [0.25, 0.3) is 5.91 Å². The van der Waals surface area contributed by atoms with Gasteiger partial charge in [-0.25, -0.2) is 4.79 Å². The molecule has 3 N–H and O–H groups in total. The van der Waals surface area contributed by atoms with E-state index in [4.69, 9.17) is 10.5 Å². The lowest BCUT2D eigenvalue weighted by Gasteiger charge is -2.21. The zero-order valence-corrected chi connectivity index (χ0v) is 13.4. The highest BCUT2D eigenvalue weighted by Crippen LogP contribution is 2.20. The minimum Gasteiger partial charge on any atom is -0.467 e. The van der Waals surface area contributed by atoms with E-state index in [1.165, 1.54) is 7.11 Å². The van der Waals surface area contributed by atoms with Crippen molar-refractivity contribution in [2.75, 3.05) is 12.8 Å². The quantitative estimate of drug-likeness (QED) is 0.635. The number of carbonyl (C=O) groups is 2. The third-order valence-electron chi connectivity index (χ3n) is 3.21. The Bertz CT molecular complexity index is 505. The van der Waals surface area contributed by atoms with Crippen LogP contribution in [0.5, 0.6) is 0 Å². The van der Waals surface area contributed by atoms with Crippen LogP contribution in [0.3, 0.4) is 0 Å². The van der Waals surface area contributed by atoms with Crippen molar-refractivity contribution in [2.45, 2.75) is 26.3 Å². The molecule has 6 heteroatoms. The molecule has 0 heterocycles. The van der Waals surface area contributed by atoms with E-state index in [-0.39, 0.29) is 11.8 Å². The van der Waals surface area contributed by atoms with E-state index in [0.717, 1.165) is 10.9 Å². The van der Waals surface area contributed by atoms with Crippen LogP contribution >= 0.6 is 15.9 Å². The van der Waals surface area contributed by atoms with Crippen LogP contribution in [0, 0.1) is 5.92 Å². The van der Waals surface area contributed by atoms with Gasteiger partial charge in [0.05, 0.1) is 7.11 Å². The summed E-state index contributed by atoms with van der Waals surface area (Å²) in [6.07, 6.45) is 0.753. The molecule has 1 aromatic rings. The summed E-state index contributed by atoms with van der Waals surface area (Å²) in [5.41, 5.74) is 6.62. The molecule has 110 valence electrons. The lowest BCUT2D eigenvalue weighted by molar-refractivity contribution is -0.144. The predicted octanol–water partition coefficient (Wildman–Crippen LogP) is 2.35. The number of esters is 1. The largest absolute Gasteiger partial charge is 0.467 e. The molecule has 0 saturated carbocycles. The van der Waals surface area contributed by atoms with Crippen molar-refractivity contribution < 1.29 is 14.3 Å². The molecule has 0 radical (unpaired) electrons. The van der Waals surface area contributed by atoms with Crippen LogP contribution in [0.4, 0.5) is 5.69 Å². The number of amides is 1. The molecular formula is C14H19BrN2O3. The van der Waals surface area contributed by atoms with Crippen LogP contribution in [-0.2, 0) is 9.53 Å². The number of benzene rings is 1. The van der Waals surface area contributed by atoms with Crippen LogP contribution in [-0.4, -0.2) is 25.0 Å². The lowest BCUT2D eigenvalue weighted by Crippen LogP contribution is -2.45. The molecule has 1 amide bonds. The summed E-state index contributed by atoms with van der Waals surface area (Å²) in [5, 5.41) is 2.70. The Labute approximate surface area is 127 Å². The first-order valence-electron chi connectivity index (χ1n) is 6.34. The Hall–Kier alpha value is -1.56. The van der Waals surface area contributed by atoms with E-state index in [1.807, 2.05) is 13.8 Å². The summed E-state index contributed by atoms with van der Waals surface area (Å²) in [6.45, 7) is 3.84. The van der Waals surface area contributed by atoms with Gasteiger partial charge in [-0.05, 0) is 40.0 Å². The summed E-state index contributed by atoms with van der Waals surface area (Å²) in [5.74, 6) is -0.808. The Kier molecular flexibility index (Phi) is 6.01. The average molecular weight is 343 g/mol. The minimum atomic E-state index is -0.664. The number of hydrogen-bond acceptors (Lipinski definition) is 4. The van der Waals surface area contributed by atoms with Crippen LogP contribution in [0.1, 0.15) is 30.6 Å². The summed E-state index contributed by atoms with van der Waals surface area (Å²) < 4.78 is 5.45. The van der Waals surface area contributed by atoms with Crippen LogP contribution in [0.2, 0.25) is 0 Å². The van der Waals surface area contributed by atoms with Gasteiger partial charge in [-0.15, -0.1) is 0 Å². The van der Waals surface area contributed by atoms with Gasteiger partial charge in [0.1, 0.15) is 6.04 Å². The highest BCUT2D eigenvalue weighted by molar-refractivity contribution is 9.10. The van der Waals surface area contributed by atoms with Gasteiger partial charge in [0.2, 0.25) is 0 Å². The molecule has 20 heavy (non-hydrogen) atoms. The first kappa shape index (κ1) is 16.5. The van der Waals surface area contributed by atoms with E-state index in [1.54, 1.807) is 18.2 Å². The maximum atomic E-state index is 12.2. The van der Waals surface area contributed by atoms with Gasteiger partial charge in [0.15, 0.2) is 0 Å². The van der Waals surface area contributed by atoms with E-state index in [9.17, 15) is 9.59 Å². The van der Waals surface area contributed by atoms with E-state index in [0.29, 0.717) is 11.3 Å². The summed E-state index contributed by atoms with van der Waals surface area (Å²) >= 11 is 3.27. The van der Waals surface area contributed by atoms with Gasteiger partial charge in [0, 0.05) is 15.7 Å². The van der Waals surface area contributed by atoms with Crippen molar-refractivity contribution in [2.24, 2.45) is 5.92 Å². The predicted molar refractivity (Wildman–Crippen MR) is 81.3 cm³/mol. The molecule has 0 saturated heterocycles. The van der Waals surface area contributed by atoms with E-state index >= 15 is 0 Å². The third kappa shape index (κ3) is 3.96. The number of methoxy groups -OCH3 is 1. The van der Waals surface area contributed by atoms with Gasteiger partial charge in [-0.2, -0.15) is 0 Å². The molecule has 0 fully saturated rings. The molecule has 0 spiro atoms. The molecule has 0 aliphatic carbocycles. The van der Waals surface area contributed by atoms with E-state index in [2.05, 4.69) is 21.2 Å². The summed E-state index contributed by atoms with van der Waals surface area (Å²) in [7, 11) is 1.31. The second-order valence-electron chi connectivity index (χ2n) is 4.60. The van der Waals surface area contributed by atoms with Crippen LogP contribution in [0.25, 0.3) is 0 Å². The van der Waals surface area contributed by atoms with Gasteiger partial charge < -0.3 is 15.8 Å². The Morgan fingerprint density at radius 1 is 1.45 bits per heavy atom. The molecule has 2 atom stereocenters. The molecule has 0 aromatic heterocycles. The number of nitrogen functional groups attached to an aromatic ring is 1. The van der Waals surface area contributed by atoms with Gasteiger partial charge in [-0.1, -0.05) is 20.3 Å². The average Bonchev–Trinajstić information content (AvgIpc) is 2.45. The highest BCUT2D eigenvalue weighted by Gasteiger charge is 2.27. The van der Waals surface area contributed by atoms with Gasteiger partial charge in [-0.3, -0.25) is 4.79 Å². The zero-order chi connectivity index (χ0) is 15.3. The normalized spacial score (nSPS) is 13.4. The smallest absolute Gasteiger partial charge is 0.328 e. The van der Waals surface area contributed by atoms with Crippen LogP contribution < -0.4 is 11.1 Å². The fourth-order valence-electron chi connectivity index (χ4n) is 1.71. The fraction of sp³-hybridized carbons (Fsp3) is 0.429. The highest BCUT2D eigenvalue weighted by atomic mass is 79.9. The lowest BCUT2D eigenvalue weighted by atomic mass is 9.99. The van der Waals surface area contributed by atoms with Gasteiger partial charge >= 0.3 is 5.97 Å². The summed E-state index contributed by atoms with van der Waals surface area (Å²) in [4.78, 5) is 23.9. The fourth-order valence-corrected chi connectivity index (χ4v) is 1.95. The second-order valence-corrected chi connectivity index (χ2v) is 5.45. The number of anilines is 1. The topological polar surface area (TPSA) is 81.4 Å². The zero-order valence-electron chi connectivity index (χ0n) is 11.8. The Balaban J connectivity index is 2.90. The minimum absolute atomic E-state index is 0.0146. The first-order valence-corrected chi connectivity index (χ1v) is 7.13. The van der Waals surface area contributed by atoms with Crippen molar-refractivity contribution in [1.29, 1.82) is 0 Å². The molecule has 0 aliphatic heterocycles. The third-order valence-corrected chi connectivity index (χ3v) is 3.94. The molecule has 0 aliphatic rings. The first-order chi connectivity index (χ1) is 9.40. The maximum absolute atomic E-state index is 12.2. The number of nitrogens with one attached hydrogen (secondary N) is 1. The number of hydrogen-bond donors (Lipinski definition) is 2. The van der Waals surface area contributed by atoms with Crippen molar-refractivity contribution in [1.82, 2.24) is 5.32 Å². The number of ether oxygens (including phenoxy) is 1. The van der Waals surface area contributed by atoms with Crippen molar-refractivity contribution in [3.8, 4) is 0 Å². The molecule has 1 aromatic carbocycles. The maximum Gasteiger partial charge on any atom is 0.328 e. The molecule has 5 nitrogen and oxygen atoms in total. The van der Waals surface area contributed by atoms with E-state index < -0.39 is 12.0 Å². The molecular weight excluding hydrogens is 324 g/mol. The number of nitrogens with two attached hydrogens (primary N) is 1. The van der Waals surface area contributed by atoms with Crippen molar-refractivity contribution in [3.63, 3.8) is 0 Å². The van der Waals surface area contributed by atoms with Crippen molar-refractivity contribution >= 4 is 33.5 Å². The Morgan fingerprint density at radius 2 is 2.10 bits per heavy atom.